The summed E-state index contributed by atoms with van der Waals surface area (Å²) in [6.45, 7) is 1.29. The molecule has 0 bridgehead atoms. The van der Waals surface area contributed by atoms with E-state index in [2.05, 4.69) is 15.5 Å². The standard InChI is InChI=1S/C13H18N4O2S2/c1-17-12(10-5-3-8-20-10)15-16-13(17)21-9-11(18)14-6-4-7-19-2/h3,5,8H,4,6-7,9H2,1-2H3,(H,14,18). The second kappa shape index (κ2) is 8.16. The highest BCUT2D eigenvalue weighted by atomic mass is 32.2. The lowest BCUT2D eigenvalue weighted by Crippen LogP contribution is -2.26. The van der Waals surface area contributed by atoms with E-state index in [1.54, 1.807) is 18.4 Å². The molecule has 0 spiro atoms. The van der Waals surface area contributed by atoms with Gasteiger partial charge in [0.1, 0.15) is 0 Å². The first-order valence-corrected chi connectivity index (χ1v) is 8.40. The number of thioether (sulfide) groups is 1. The summed E-state index contributed by atoms with van der Waals surface area (Å²) in [4.78, 5) is 12.8. The van der Waals surface area contributed by atoms with Gasteiger partial charge >= 0.3 is 0 Å². The molecule has 2 rings (SSSR count). The predicted octanol–water partition coefficient (Wildman–Crippen LogP) is 1.79. The largest absolute Gasteiger partial charge is 0.385 e. The van der Waals surface area contributed by atoms with Gasteiger partial charge in [0.15, 0.2) is 11.0 Å². The van der Waals surface area contributed by atoms with Crippen LogP contribution in [0.4, 0.5) is 0 Å². The Balaban J connectivity index is 1.83. The number of carbonyl (C=O) groups excluding carboxylic acids is 1. The van der Waals surface area contributed by atoms with E-state index in [1.807, 2.05) is 29.1 Å². The van der Waals surface area contributed by atoms with Crippen LogP contribution in [0.15, 0.2) is 22.7 Å². The summed E-state index contributed by atoms with van der Waals surface area (Å²) in [6, 6.07) is 3.99. The molecule has 8 heteroatoms. The minimum Gasteiger partial charge on any atom is -0.385 e. The number of amides is 1. The summed E-state index contributed by atoms with van der Waals surface area (Å²) in [5, 5.41) is 13.9. The summed E-state index contributed by atoms with van der Waals surface area (Å²) < 4.78 is 6.84. The molecule has 0 aromatic carbocycles. The zero-order valence-electron chi connectivity index (χ0n) is 12.0. The number of nitrogens with one attached hydrogen (secondary N) is 1. The van der Waals surface area contributed by atoms with Crippen LogP contribution in [0.1, 0.15) is 6.42 Å². The van der Waals surface area contributed by atoms with E-state index >= 15 is 0 Å². The second-order valence-corrected chi connectivity index (χ2v) is 6.22. The van der Waals surface area contributed by atoms with Gasteiger partial charge in [0.25, 0.3) is 0 Å². The van der Waals surface area contributed by atoms with Crippen LogP contribution in [0, 0.1) is 0 Å². The lowest BCUT2D eigenvalue weighted by atomic mass is 10.4. The van der Waals surface area contributed by atoms with Crippen molar-refractivity contribution in [3.8, 4) is 10.7 Å². The molecule has 0 radical (unpaired) electrons. The van der Waals surface area contributed by atoms with Gasteiger partial charge < -0.3 is 14.6 Å². The maximum absolute atomic E-state index is 11.7. The SMILES string of the molecule is COCCCNC(=O)CSc1nnc(-c2cccs2)n1C. The fraction of sp³-hybridized carbons (Fsp3) is 0.462. The van der Waals surface area contributed by atoms with E-state index in [-0.39, 0.29) is 5.91 Å². The number of carbonyl (C=O) groups is 1. The van der Waals surface area contributed by atoms with Gasteiger partial charge in [0, 0.05) is 27.3 Å². The van der Waals surface area contributed by atoms with Crippen LogP contribution in [-0.4, -0.2) is 46.7 Å². The minimum atomic E-state index is -0.00298. The molecule has 0 atom stereocenters. The zero-order chi connectivity index (χ0) is 15.1. The molecule has 6 nitrogen and oxygen atoms in total. The number of hydrogen-bond acceptors (Lipinski definition) is 6. The molecule has 0 saturated heterocycles. The third-order valence-corrected chi connectivity index (χ3v) is 4.64. The molecule has 2 heterocycles. The zero-order valence-corrected chi connectivity index (χ0v) is 13.7. The first kappa shape index (κ1) is 16.0. The van der Waals surface area contributed by atoms with Crippen molar-refractivity contribution in [3.05, 3.63) is 17.5 Å². The molecular formula is C13H18N4O2S2. The topological polar surface area (TPSA) is 69.0 Å². The Morgan fingerprint density at radius 3 is 3.10 bits per heavy atom. The van der Waals surface area contributed by atoms with Crippen LogP contribution in [-0.2, 0) is 16.6 Å². The Bertz CT molecular complexity index is 569. The van der Waals surface area contributed by atoms with Gasteiger partial charge in [-0.2, -0.15) is 0 Å². The molecule has 114 valence electrons. The summed E-state index contributed by atoms with van der Waals surface area (Å²) in [5.41, 5.74) is 0. The Kier molecular flexibility index (Phi) is 6.21. The first-order chi connectivity index (χ1) is 10.2. The number of methoxy groups -OCH3 is 1. The van der Waals surface area contributed by atoms with E-state index in [4.69, 9.17) is 4.74 Å². The van der Waals surface area contributed by atoms with Crippen molar-refractivity contribution in [2.45, 2.75) is 11.6 Å². The van der Waals surface area contributed by atoms with Crippen molar-refractivity contribution in [2.75, 3.05) is 26.0 Å². The molecule has 1 N–H and O–H groups in total. The molecule has 0 unspecified atom stereocenters. The number of nitrogens with zero attached hydrogens (tertiary/aromatic N) is 3. The van der Waals surface area contributed by atoms with Crippen molar-refractivity contribution >= 4 is 29.0 Å². The fourth-order valence-corrected chi connectivity index (χ4v) is 3.17. The Labute approximate surface area is 131 Å². The van der Waals surface area contributed by atoms with Gasteiger partial charge in [-0.15, -0.1) is 21.5 Å². The van der Waals surface area contributed by atoms with Crippen LogP contribution in [0.2, 0.25) is 0 Å². The van der Waals surface area contributed by atoms with Crippen molar-refractivity contribution in [2.24, 2.45) is 7.05 Å². The lowest BCUT2D eigenvalue weighted by molar-refractivity contribution is -0.118. The van der Waals surface area contributed by atoms with E-state index in [1.165, 1.54) is 11.8 Å². The van der Waals surface area contributed by atoms with Crippen molar-refractivity contribution in [3.63, 3.8) is 0 Å². The van der Waals surface area contributed by atoms with E-state index in [0.29, 0.717) is 18.9 Å². The third kappa shape index (κ3) is 4.55. The van der Waals surface area contributed by atoms with Gasteiger partial charge in [0.05, 0.1) is 10.6 Å². The van der Waals surface area contributed by atoms with Gasteiger partial charge in [-0.1, -0.05) is 17.8 Å². The highest BCUT2D eigenvalue weighted by Crippen LogP contribution is 2.25. The summed E-state index contributed by atoms with van der Waals surface area (Å²) in [7, 11) is 3.56. The predicted molar refractivity (Wildman–Crippen MR) is 84.5 cm³/mol. The monoisotopic (exact) mass is 326 g/mol. The van der Waals surface area contributed by atoms with E-state index < -0.39 is 0 Å². The maximum atomic E-state index is 11.7. The van der Waals surface area contributed by atoms with Gasteiger partial charge in [-0.3, -0.25) is 4.79 Å². The smallest absolute Gasteiger partial charge is 0.230 e. The highest BCUT2D eigenvalue weighted by Gasteiger charge is 2.13. The molecule has 2 aromatic rings. The normalized spacial score (nSPS) is 10.8. The molecule has 0 aliphatic rings. The van der Waals surface area contributed by atoms with E-state index in [9.17, 15) is 4.79 Å². The molecular weight excluding hydrogens is 308 g/mol. The second-order valence-electron chi connectivity index (χ2n) is 4.33. The van der Waals surface area contributed by atoms with Gasteiger partial charge in [-0.25, -0.2) is 0 Å². The summed E-state index contributed by atoms with van der Waals surface area (Å²) in [5.74, 6) is 1.16. The number of aromatic nitrogens is 3. The van der Waals surface area contributed by atoms with Gasteiger partial charge in [0.2, 0.25) is 5.91 Å². The molecule has 0 aliphatic heterocycles. The Hall–Kier alpha value is -1.38. The van der Waals surface area contributed by atoms with E-state index in [0.717, 1.165) is 22.3 Å². The Morgan fingerprint density at radius 2 is 2.38 bits per heavy atom. The van der Waals surface area contributed by atoms with Crippen LogP contribution >= 0.6 is 23.1 Å². The molecule has 0 fully saturated rings. The summed E-state index contributed by atoms with van der Waals surface area (Å²) in [6.07, 6.45) is 0.819. The highest BCUT2D eigenvalue weighted by molar-refractivity contribution is 7.99. The molecule has 21 heavy (non-hydrogen) atoms. The summed E-state index contributed by atoms with van der Waals surface area (Å²) >= 11 is 3.01. The van der Waals surface area contributed by atoms with Crippen LogP contribution < -0.4 is 5.32 Å². The number of hydrogen-bond donors (Lipinski definition) is 1. The van der Waals surface area contributed by atoms with Crippen LogP contribution in [0.5, 0.6) is 0 Å². The van der Waals surface area contributed by atoms with Crippen molar-refractivity contribution in [1.82, 2.24) is 20.1 Å². The maximum Gasteiger partial charge on any atom is 0.230 e. The number of rotatable bonds is 8. The van der Waals surface area contributed by atoms with Crippen LogP contribution in [0.25, 0.3) is 10.7 Å². The van der Waals surface area contributed by atoms with Crippen LogP contribution in [0.3, 0.4) is 0 Å². The first-order valence-electron chi connectivity index (χ1n) is 6.54. The lowest BCUT2D eigenvalue weighted by Gasteiger charge is -2.05. The average molecular weight is 326 g/mol. The molecule has 0 saturated carbocycles. The average Bonchev–Trinajstić information content (AvgIpc) is 3.11. The van der Waals surface area contributed by atoms with Crippen molar-refractivity contribution < 1.29 is 9.53 Å². The number of ether oxygens (including phenoxy) is 1. The van der Waals surface area contributed by atoms with Gasteiger partial charge in [-0.05, 0) is 17.9 Å². The minimum absolute atomic E-state index is 0.00298. The third-order valence-electron chi connectivity index (χ3n) is 2.76. The molecule has 0 aliphatic carbocycles. The molecule has 2 aromatic heterocycles. The molecule has 1 amide bonds. The fourth-order valence-electron chi connectivity index (χ4n) is 1.69. The Morgan fingerprint density at radius 1 is 1.52 bits per heavy atom. The quantitative estimate of drug-likeness (QED) is 0.592. The van der Waals surface area contributed by atoms with Crippen molar-refractivity contribution in [1.29, 1.82) is 0 Å². The number of thiophene rings is 1.